The molecule has 4 atom stereocenters. The molecule has 4 heterocycles. The molecule has 162 valence electrons. The van der Waals surface area contributed by atoms with E-state index in [0.717, 1.165) is 22.2 Å². The minimum Gasteiger partial charge on any atom is -0.324 e. The Labute approximate surface area is 190 Å². The molecule has 0 saturated carbocycles. The van der Waals surface area contributed by atoms with Crippen molar-refractivity contribution in [3.8, 4) is 0 Å². The second kappa shape index (κ2) is 6.46. The molecular weight excluding hydrogens is 480 g/mol. The van der Waals surface area contributed by atoms with Crippen LogP contribution in [0.2, 0.25) is 0 Å². The first-order valence-electron chi connectivity index (χ1n) is 10.4. The van der Waals surface area contributed by atoms with Crippen molar-refractivity contribution in [3.05, 3.63) is 62.6 Å². The molecule has 3 amide bonds. The Kier molecular flexibility index (Phi) is 3.95. The Morgan fingerprint density at radius 2 is 1.84 bits per heavy atom. The highest BCUT2D eigenvalue weighted by Gasteiger charge is 2.74. The van der Waals surface area contributed by atoms with Gasteiger partial charge in [-0.15, -0.1) is 0 Å². The highest BCUT2D eigenvalue weighted by atomic mass is 79.9. The largest absolute Gasteiger partial charge is 0.324 e. The average Bonchev–Trinajstić information content (AvgIpc) is 3.47. The number of non-ortho nitro benzene ring substituents is 1. The maximum Gasteiger partial charge on any atom is 0.269 e. The number of nitro benzene ring substituents is 1. The molecule has 32 heavy (non-hydrogen) atoms. The lowest BCUT2D eigenvalue weighted by Gasteiger charge is -2.36. The number of imide groups is 1. The van der Waals surface area contributed by atoms with E-state index in [0.29, 0.717) is 17.8 Å². The van der Waals surface area contributed by atoms with E-state index in [4.69, 9.17) is 0 Å². The van der Waals surface area contributed by atoms with E-state index in [1.165, 1.54) is 24.3 Å². The summed E-state index contributed by atoms with van der Waals surface area (Å²) in [6.45, 7) is 0.634. The van der Waals surface area contributed by atoms with Gasteiger partial charge in [0.25, 0.3) is 5.69 Å². The molecule has 9 nitrogen and oxygen atoms in total. The molecule has 1 N–H and O–H groups in total. The number of carbonyl (C=O) groups is 3. The Morgan fingerprint density at radius 1 is 1.09 bits per heavy atom. The van der Waals surface area contributed by atoms with Crippen LogP contribution < -0.4 is 10.2 Å². The molecule has 3 saturated heterocycles. The van der Waals surface area contributed by atoms with Crippen LogP contribution in [-0.2, 0) is 19.9 Å². The zero-order chi connectivity index (χ0) is 22.4. The molecule has 0 radical (unpaired) electrons. The quantitative estimate of drug-likeness (QED) is 0.388. The summed E-state index contributed by atoms with van der Waals surface area (Å²) < 4.78 is 0.787. The zero-order valence-electron chi connectivity index (χ0n) is 16.7. The van der Waals surface area contributed by atoms with E-state index >= 15 is 0 Å². The van der Waals surface area contributed by atoms with Gasteiger partial charge in [0.2, 0.25) is 17.7 Å². The van der Waals surface area contributed by atoms with E-state index in [1.54, 1.807) is 6.07 Å². The van der Waals surface area contributed by atoms with Gasteiger partial charge in [-0.25, -0.2) is 4.90 Å². The average molecular weight is 497 g/mol. The summed E-state index contributed by atoms with van der Waals surface area (Å²) in [4.78, 5) is 54.6. The van der Waals surface area contributed by atoms with Crippen molar-refractivity contribution >= 4 is 50.7 Å². The lowest BCUT2D eigenvalue weighted by molar-refractivity contribution is -0.384. The van der Waals surface area contributed by atoms with E-state index in [9.17, 15) is 24.5 Å². The molecule has 4 aliphatic heterocycles. The normalized spacial score (nSPS) is 30.6. The van der Waals surface area contributed by atoms with Crippen molar-refractivity contribution in [2.75, 3.05) is 16.8 Å². The lowest BCUT2D eigenvalue weighted by Crippen LogP contribution is -2.54. The second-order valence-corrected chi connectivity index (χ2v) is 9.52. The number of halogens is 1. The SMILES string of the molecule is O=C1[C@H]2[C@@H](C(=O)N1c1ccc([N+](=O)[O-])cc1)[C@]1(C(=O)Nc3ccc(Br)cc31)N1CCC[C@@H]21. The Balaban J connectivity index is 1.51. The lowest BCUT2D eigenvalue weighted by atomic mass is 9.75. The minimum absolute atomic E-state index is 0.125. The van der Waals surface area contributed by atoms with Crippen LogP contribution in [0.25, 0.3) is 0 Å². The van der Waals surface area contributed by atoms with E-state index in [1.807, 2.05) is 12.1 Å². The van der Waals surface area contributed by atoms with Crippen LogP contribution in [0.5, 0.6) is 0 Å². The van der Waals surface area contributed by atoms with Gasteiger partial charge in [-0.1, -0.05) is 15.9 Å². The third-order valence-corrected chi connectivity index (χ3v) is 7.77. The molecule has 3 fully saturated rings. The summed E-state index contributed by atoms with van der Waals surface area (Å²) in [5.74, 6) is -2.57. The smallest absolute Gasteiger partial charge is 0.269 e. The number of benzene rings is 2. The summed E-state index contributed by atoms with van der Waals surface area (Å²) >= 11 is 3.48. The van der Waals surface area contributed by atoms with Crippen LogP contribution in [0.1, 0.15) is 18.4 Å². The fourth-order valence-electron chi connectivity index (χ4n) is 6.15. The number of hydrogen-bond acceptors (Lipinski definition) is 6. The minimum atomic E-state index is -1.24. The number of nitrogens with zero attached hydrogens (tertiary/aromatic N) is 3. The molecule has 0 aliphatic carbocycles. The van der Waals surface area contributed by atoms with Gasteiger partial charge in [0.1, 0.15) is 5.54 Å². The van der Waals surface area contributed by atoms with Crippen molar-refractivity contribution in [2.24, 2.45) is 11.8 Å². The number of anilines is 2. The van der Waals surface area contributed by atoms with Crippen LogP contribution in [-0.4, -0.2) is 40.1 Å². The van der Waals surface area contributed by atoms with Crippen LogP contribution in [0.4, 0.5) is 17.1 Å². The molecule has 6 rings (SSSR count). The molecule has 0 aromatic heterocycles. The summed E-state index contributed by atoms with van der Waals surface area (Å²) in [5.41, 5.74) is 0.280. The van der Waals surface area contributed by atoms with Gasteiger partial charge in [-0.05, 0) is 49.7 Å². The van der Waals surface area contributed by atoms with E-state index in [2.05, 4.69) is 26.1 Å². The fraction of sp³-hybridized carbons (Fsp3) is 0.318. The maximum absolute atomic E-state index is 13.8. The summed E-state index contributed by atoms with van der Waals surface area (Å²) in [7, 11) is 0. The molecule has 0 unspecified atom stereocenters. The Hall–Kier alpha value is -3.11. The monoisotopic (exact) mass is 496 g/mol. The summed E-state index contributed by atoms with van der Waals surface area (Å²) in [6, 6.07) is 10.6. The number of fused-ring (bicyclic) bond motifs is 7. The van der Waals surface area contributed by atoms with E-state index in [-0.39, 0.29) is 29.2 Å². The first-order chi connectivity index (χ1) is 15.4. The van der Waals surface area contributed by atoms with Crippen molar-refractivity contribution in [2.45, 2.75) is 24.4 Å². The third kappa shape index (κ3) is 2.23. The first kappa shape index (κ1) is 19.6. The van der Waals surface area contributed by atoms with Crippen LogP contribution in [0.15, 0.2) is 46.9 Å². The van der Waals surface area contributed by atoms with Gasteiger partial charge in [-0.3, -0.25) is 29.4 Å². The third-order valence-electron chi connectivity index (χ3n) is 7.27. The number of amides is 3. The van der Waals surface area contributed by atoms with Gasteiger partial charge in [0, 0.05) is 33.9 Å². The molecule has 1 spiro atoms. The van der Waals surface area contributed by atoms with Gasteiger partial charge in [0.05, 0.1) is 22.4 Å². The second-order valence-electron chi connectivity index (χ2n) is 8.60. The highest BCUT2D eigenvalue weighted by molar-refractivity contribution is 9.10. The molecule has 4 aliphatic rings. The number of carbonyl (C=O) groups excluding carboxylic acids is 3. The number of rotatable bonds is 2. The Bertz CT molecular complexity index is 1230. The van der Waals surface area contributed by atoms with Gasteiger partial charge in [0.15, 0.2) is 0 Å². The molecule has 0 bridgehead atoms. The van der Waals surface area contributed by atoms with Crippen LogP contribution >= 0.6 is 15.9 Å². The predicted octanol–water partition coefficient (Wildman–Crippen LogP) is 2.79. The fourth-order valence-corrected chi connectivity index (χ4v) is 6.51. The predicted molar refractivity (Wildman–Crippen MR) is 117 cm³/mol. The molecule has 2 aromatic rings. The summed E-state index contributed by atoms with van der Waals surface area (Å²) in [5, 5.41) is 13.9. The van der Waals surface area contributed by atoms with Crippen molar-refractivity contribution in [1.82, 2.24) is 4.90 Å². The summed E-state index contributed by atoms with van der Waals surface area (Å²) in [6.07, 6.45) is 1.57. The highest BCUT2D eigenvalue weighted by Crippen LogP contribution is 2.60. The Morgan fingerprint density at radius 3 is 2.56 bits per heavy atom. The molecular formula is C22H17BrN4O5. The molecule has 2 aromatic carbocycles. The zero-order valence-corrected chi connectivity index (χ0v) is 18.2. The van der Waals surface area contributed by atoms with Gasteiger partial charge < -0.3 is 5.32 Å². The van der Waals surface area contributed by atoms with Gasteiger partial charge in [-0.2, -0.15) is 0 Å². The number of nitrogens with one attached hydrogen (secondary N) is 1. The number of nitro groups is 1. The van der Waals surface area contributed by atoms with E-state index < -0.39 is 28.2 Å². The first-order valence-corrected chi connectivity index (χ1v) is 11.2. The van der Waals surface area contributed by atoms with Gasteiger partial charge >= 0.3 is 0 Å². The molecule has 10 heteroatoms. The standard InChI is InChI=1S/C22H17BrN4O5/c23-11-3-8-15-14(10-11)22(21(30)24-15)18-17(16-2-1-9-25(16)22)19(28)26(20(18)29)12-4-6-13(7-5-12)27(31)32/h3-8,10,16-18H,1-2,9H2,(H,24,30)/t16-,17+,18-,22+/m0/s1. The van der Waals surface area contributed by atoms with Crippen molar-refractivity contribution in [3.63, 3.8) is 0 Å². The topological polar surface area (TPSA) is 113 Å². The number of hydrogen-bond donors (Lipinski definition) is 1. The van der Waals surface area contributed by atoms with Crippen molar-refractivity contribution in [1.29, 1.82) is 0 Å². The van der Waals surface area contributed by atoms with Crippen LogP contribution in [0, 0.1) is 22.0 Å². The maximum atomic E-state index is 13.8. The van der Waals surface area contributed by atoms with Crippen LogP contribution in [0.3, 0.4) is 0 Å². The van der Waals surface area contributed by atoms with Crippen molar-refractivity contribution < 1.29 is 19.3 Å².